The second-order valence-corrected chi connectivity index (χ2v) is 5.34. The summed E-state index contributed by atoms with van der Waals surface area (Å²) in [6, 6.07) is 0. The van der Waals surface area contributed by atoms with E-state index in [1.165, 1.54) is 71.1 Å². The Morgan fingerprint density at radius 3 is 2.47 bits per heavy atom. The molecule has 1 saturated carbocycles. The molecule has 0 aromatic rings. The van der Waals surface area contributed by atoms with E-state index >= 15 is 0 Å². The van der Waals surface area contributed by atoms with Gasteiger partial charge in [0.15, 0.2) is 0 Å². The Morgan fingerprint density at radius 1 is 0.933 bits per heavy atom. The molecule has 2 rings (SSSR count). The van der Waals surface area contributed by atoms with Gasteiger partial charge in [-0.15, -0.1) is 0 Å². The topological polar surface area (TPSA) is 24.1 Å². The molecule has 0 unspecified atom stereocenters. The van der Waals surface area contributed by atoms with Gasteiger partial charge in [0.2, 0.25) is 0 Å². The maximum atomic E-state index is 3.57. The van der Waals surface area contributed by atoms with E-state index in [0.717, 1.165) is 11.8 Å². The van der Waals surface area contributed by atoms with Gasteiger partial charge >= 0.3 is 0 Å². The molecule has 0 amide bonds. The maximum Gasteiger partial charge on any atom is -0.00205 e. The van der Waals surface area contributed by atoms with Gasteiger partial charge in [0.25, 0.3) is 0 Å². The molecule has 1 aliphatic heterocycles. The molecule has 0 spiro atoms. The van der Waals surface area contributed by atoms with Gasteiger partial charge in [-0.3, -0.25) is 0 Å². The number of rotatable bonds is 7. The summed E-state index contributed by atoms with van der Waals surface area (Å²) in [5.41, 5.74) is 0. The van der Waals surface area contributed by atoms with Crippen molar-refractivity contribution in [2.45, 2.75) is 44.9 Å². The van der Waals surface area contributed by atoms with Gasteiger partial charge in [0, 0.05) is 0 Å². The standard InChI is InChI=1S/C13H26N2/c1(2-8-15-11-13-4-5-13)3-12-6-9-14-10-7-12/h12-15H,1-11H2. The van der Waals surface area contributed by atoms with E-state index in [4.69, 9.17) is 0 Å². The van der Waals surface area contributed by atoms with Gasteiger partial charge in [0.05, 0.1) is 0 Å². The summed E-state index contributed by atoms with van der Waals surface area (Å²) < 4.78 is 0. The average Bonchev–Trinajstić information content (AvgIpc) is 3.09. The highest BCUT2D eigenvalue weighted by molar-refractivity contribution is 4.75. The zero-order chi connectivity index (χ0) is 10.3. The largest absolute Gasteiger partial charge is 0.317 e. The SMILES string of the molecule is C(CCC1CCNCC1)CNCC1CC1. The molecule has 0 radical (unpaired) electrons. The van der Waals surface area contributed by atoms with Crippen LogP contribution >= 0.6 is 0 Å². The van der Waals surface area contributed by atoms with Crippen molar-refractivity contribution in [1.82, 2.24) is 10.6 Å². The quantitative estimate of drug-likeness (QED) is 0.629. The summed E-state index contributed by atoms with van der Waals surface area (Å²) in [6.45, 7) is 5.05. The highest BCUT2D eigenvalue weighted by atomic mass is 14.9. The molecule has 2 fully saturated rings. The fourth-order valence-electron chi connectivity index (χ4n) is 2.48. The van der Waals surface area contributed by atoms with Crippen molar-refractivity contribution < 1.29 is 0 Å². The maximum absolute atomic E-state index is 3.57. The zero-order valence-electron chi connectivity index (χ0n) is 9.93. The minimum Gasteiger partial charge on any atom is -0.317 e. The molecule has 1 heterocycles. The van der Waals surface area contributed by atoms with Gasteiger partial charge in [-0.2, -0.15) is 0 Å². The predicted molar refractivity (Wildman–Crippen MR) is 65.0 cm³/mol. The molecule has 2 N–H and O–H groups in total. The van der Waals surface area contributed by atoms with Crippen LogP contribution in [0, 0.1) is 11.8 Å². The first-order valence-corrected chi connectivity index (χ1v) is 6.86. The van der Waals surface area contributed by atoms with Gasteiger partial charge in [-0.25, -0.2) is 0 Å². The predicted octanol–water partition coefficient (Wildman–Crippen LogP) is 2.16. The normalized spacial score (nSPS) is 23.2. The van der Waals surface area contributed by atoms with Crippen LogP contribution in [0.2, 0.25) is 0 Å². The van der Waals surface area contributed by atoms with Crippen LogP contribution in [0.25, 0.3) is 0 Å². The van der Waals surface area contributed by atoms with Crippen molar-refractivity contribution in [2.75, 3.05) is 26.2 Å². The Balaban J connectivity index is 1.37. The lowest BCUT2D eigenvalue weighted by Gasteiger charge is -2.22. The van der Waals surface area contributed by atoms with Crippen LogP contribution in [-0.4, -0.2) is 26.2 Å². The van der Waals surface area contributed by atoms with E-state index in [1.54, 1.807) is 0 Å². The molecular weight excluding hydrogens is 184 g/mol. The number of nitrogens with one attached hydrogen (secondary N) is 2. The highest BCUT2D eigenvalue weighted by Gasteiger charge is 2.19. The Hall–Kier alpha value is -0.0800. The lowest BCUT2D eigenvalue weighted by molar-refractivity contribution is 0.343. The molecule has 88 valence electrons. The molecule has 2 nitrogen and oxygen atoms in total. The van der Waals surface area contributed by atoms with Gasteiger partial charge in [0.1, 0.15) is 0 Å². The van der Waals surface area contributed by atoms with Crippen LogP contribution in [0.1, 0.15) is 44.9 Å². The van der Waals surface area contributed by atoms with E-state index in [-0.39, 0.29) is 0 Å². The number of unbranched alkanes of at least 4 members (excludes halogenated alkanes) is 1. The number of piperidine rings is 1. The first-order valence-electron chi connectivity index (χ1n) is 6.86. The lowest BCUT2D eigenvalue weighted by Crippen LogP contribution is -2.27. The smallest absolute Gasteiger partial charge is 0.00205 e. The van der Waals surface area contributed by atoms with E-state index < -0.39 is 0 Å². The molecule has 2 heteroatoms. The van der Waals surface area contributed by atoms with Crippen LogP contribution in [0.5, 0.6) is 0 Å². The number of hydrogen-bond donors (Lipinski definition) is 2. The molecule has 1 saturated heterocycles. The van der Waals surface area contributed by atoms with E-state index in [1.807, 2.05) is 0 Å². The minimum absolute atomic E-state index is 1.02. The van der Waals surface area contributed by atoms with E-state index in [9.17, 15) is 0 Å². The molecule has 0 aromatic carbocycles. The average molecular weight is 210 g/mol. The first-order chi connectivity index (χ1) is 7.45. The third kappa shape index (κ3) is 4.98. The van der Waals surface area contributed by atoms with E-state index in [0.29, 0.717) is 0 Å². The van der Waals surface area contributed by atoms with Crippen molar-refractivity contribution in [3.63, 3.8) is 0 Å². The summed E-state index contributed by atoms with van der Waals surface area (Å²) in [5, 5.41) is 7.01. The minimum atomic E-state index is 1.02. The third-order valence-electron chi connectivity index (χ3n) is 3.80. The molecule has 0 atom stereocenters. The highest BCUT2D eigenvalue weighted by Crippen LogP contribution is 2.27. The van der Waals surface area contributed by atoms with Crippen molar-refractivity contribution in [1.29, 1.82) is 0 Å². The van der Waals surface area contributed by atoms with Crippen LogP contribution in [0.15, 0.2) is 0 Å². The van der Waals surface area contributed by atoms with Crippen LogP contribution in [0.4, 0.5) is 0 Å². The van der Waals surface area contributed by atoms with Gasteiger partial charge in [-0.05, 0) is 70.1 Å². The molecule has 0 bridgehead atoms. The fraction of sp³-hybridized carbons (Fsp3) is 1.00. The molecule has 15 heavy (non-hydrogen) atoms. The van der Waals surface area contributed by atoms with Crippen molar-refractivity contribution in [2.24, 2.45) is 11.8 Å². The second-order valence-electron chi connectivity index (χ2n) is 5.34. The van der Waals surface area contributed by atoms with Gasteiger partial charge in [-0.1, -0.05) is 12.8 Å². The summed E-state index contributed by atoms with van der Waals surface area (Å²) in [5.74, 6) is 2.06. The summed E-state index contributed by atoms with van der Waals surface area (Å²) >= 11 is 0. The third-order valence-corrected chi connectivity index (χ3v) is 3.80. The lowest BCUT2D eigenvalue weighted by atomic mass is 9.92. The second kappa shape index (κ2) is 6.49. The first kappa shape index (κ1) is 11.4. The monoisotopic (exact) mass is 210 g/mol. The fourth-order valence-corrected chi connectivity index (χ4v) is 2.48. The molecule has 0 aromatic heterocycles. The summed E-state index contributed by atoms with van der Waals surface area (Å²) in [7, 11) is 0. The van der Waals surface area contributed by atoms with Gasteiger partial charge < -0.3 is 10.6 Å². The molecule has 2 aliphatic rings. The van der Waals surface area contributed by atoms with Crippen LogP contribution < -0.4 is 10.6 Å². The summed E-state index contributed by atoms with van der Waals surface area (Å²) in [6.07, 6.45) is 10.1. The van der Waals surface area contributed by atoms with Crippen molar-refractivity contribution in [3.8, 4) is 0 Å². The van der Waals surface area contributed by atoms with Crippen molar-refractivity contribution >= 4 is 0 Å². The van der Waals surface area contributed by atoms with Crippen LogP contribution in [-0.2, 0) is 0 Å². The van der Waals surface area contributed by atoms with Crippen molar-refractivity contribution in [3.05, 3.63) is 0 Å². The Morgan fingerprint density at radius 2 is 1.73 bits per heavy atom. The summed E-state index contributed by atoms with van der Waals surface area (Å²) in [4.78, 5) is 0. The molecule has 1 aliphatic carbocycles. The Labute approximate surface area is 94.2 Å². The Bertz CT molecular complexity index is 160. The Kier molecular flexibility index (Phi) is 4.94. The number of hydrogen-bond acceptors (Lipinski definition) is 2. The molecular formula is C13H26N2. The zero-order valence-corrected chi connectivity index (χ0v) is 9.93. The van der Waals surface area contributed by atoms with Crippen LogP contribution in [0.3, 0.4) is 0 Å². The van der Waals surface area contributed by atoms with E-state index in [2.05, 4.69) is 10.6 Å².